The summed E-state index contributed by atoms with van der Waals surface area (Å²) in [6.45, 7) is 9.54. The van der Waals surface area contributed by atoms with Gasteiger partial charge in [0.1, 0.15) is 6.04 Å². The molecule has 2 aromatic rings. The molecule has 4 amide bonds. The van der Waals surface area contributed by atoms with E-state index in [1.165, 1.54) is 6.08 Å². The van der Waals surface area contributed by atoms with E-state index in [9.17, 15) is 27.9 Å². The summed E-state index contributed by atoms with van der Waals surface area (Å²) in [5, 5.41) is 21.0. The number of primary amides is 1. The van der Waals surface area contributed by atoms with E-state index in [0.29, 0.717) is 18.4 Å². The molecule has 7 N–H and O–H groups in total. The van der Waals surface area contributed by atoms with Gasteiger partial charge in [0, 0.05) is 10.9 Å². The monoisotopic (exact) mass is 629 g/mol. The highest BCUT2D eigenvalue weighted by Gasteiger charge is 2.34. The molecule has 2 rings (SSSR count). The second kappa shape index (κ2) is 16.9. The molecule has 0 spiro atoms. The van der Waals surface area contributed by atoms with Gasteiger partial charge in [-0.05, 0) is 63.2 Å². The number of nitrogens with two attached hydrogens (primary N) is 1. The topological polar surface area (TPSA) is 180 Å². The standard InChI is InChI=1S/C32H47N5O6S/c1-22(2)16-17-25(35-31(41)36-32(3,4)5)29(39)26(20-24-14-10-7-11-15-24)34-30(40)27(21-28(33)38)37-44(42,43)19-18-23-12-8-6-9-13-23/h6-15,18-19,22,25-27,29,37,39H,16-17,20-21H2,1-5H3,(H2,33,38)(H,34,40)(H2,35,36,41)/t25?,26-,27-,29-/m0/s1. The molecule has 0 aromatic heterocycles. The van der Waals surface area contributed by atoms with Crippen molar-refractivity contribution < 1.29 is 27.9 Å². The highest BCUT2D eigenvalue weighted by atomic mass is 32.2. The molecule has 0 aliphatic heterocycles. The minimum atomic E-state index is -4.18. The number of carbonyl (C=O) groups is 3. The smallest absolute Gasteiger partial charge is 0.315 e. The minimum Gasteiger partial charge on any atom is -0.389 e. The number of benzene rings is 2. The number of sulfonamides is 1. The first-order chi connectivity index (χ1) is 20.5. The van der Waals surface area contributed by atoms with Gasteiger partial charge in [0.15, 0.2) is 0 Å². The van der Waals surface area contributed by atoms with Crippen molar-refractivity contribution in [2.75, 3.05) is 0 Å². The van der Waals surface area contributed by atoms with E-state index >= 15 is 0 Å². The Balaban J connectivity index is 2.36. The van der Waals surface area contributed by atoms with Crippen LogP contribution < -0.4 is 26.4 Å². The van der Waals surface area contributed by atoms with Crippen molar-refractivity contribution in [1.82, 2.24) is 20.7 Å². The number of amides is 4. The summed E-state index contributed by atoms with van der Waals surface area (Å²) in [7, 11) is -4.18. The van der Waals surface area contributed by atoms with Crippen LogP contribution in [-0.4, -0.2) is 61.1 Å². The van der Waals surface area contributed by atoms with Crippen LogP contribution in [-0.2, 0) is 26.0 Å². The Morgan fingerprint density at radius 1 is 0.909 bits per heavy atom. The number of urea groups is 1. The van der Waals surface area contributed by atoms with Crippen molar-refractivity contribution in [1.29, 1.82) is 0 Å². The second-order valence-electron chi connectivity index (χ2n) is 12.3. The Labute approximate surface area is 261 Å². The number of carbonyl (C=O) groups excluding carboxylic acids is 3. The number of rotatable bonds is 16. The predicted octanol–water partition coefficient (Wildman–Crippen LogP) is 2.81. The normalized spacial score (nSPS) is 14.9. The van der Waals surface area contributed by atoms with Crippen LogP contribution in [0.15, 0.2) is 66.1 Å². The first-order valence-corrected chi connectivity index (χ1v) is 16.2. The molecule has 2 aromatic carbocycles. The fraction of sp³-hybridized carbons (Fsp3) is 0.469. The summed E-state index contributed by atoms with van der Waals surface area (Å²) in [6.07, 6.45) is 0.741. The number of aliphatic hydroxyl groups excluding tert-OH is 1. The van der Waals surface area contributed by atoms with Crippen molar-refractivity contribution in [2.45, 2.75) is 90.1 Å². The van der Waals surface area contributed by atoms with Gasteiger partial charge in [0.2, 0.25) is 21.8 Å². The third kappa shape index (κ3) is 14.2. The lowest BCUT2D eigenvalue weighted by Gasteiger charge is -2.33. The molecule has 12 heteroatoms. The maximum atomic E-state index is 13.6. The van der Waals surface area contributed by atoms with Crippen LogP contribution in [0, 0.1) is 5.92 Å². The average Bonchev–Trinajstić information content (AvgIpc) is 2.93. The van der Waals surface area contributed by atoms with E-state index in [0.717, 1.165) is 11.0 Å². The summed E-state index contributed by atoms with van der Waals surface area (Å²) in [5.74, 6) is -1.46. The van der Waals surface area contributed by atoms with Crippen LogP contribution in [0.2, 0.25) is 0 Å². The van der Waals surface area contributed by atoms with Crippen LogP contribution in [0.5, 0.6) is 0 Å². The Hall–Kier alpha value is -3.74. The Bertz CT molecular complexity index is 1340. The van der Waals surface area contributed by atoms with E-state index in [-0.39, 0.29) is 12.3 Å². The number of hydrogen-bond acceptors (Lipinski definition) is 6. The lowest BCUT2D eigenvalue weighted by Crippen LogP contribution is -2.60. The third-order valence-electron chi connectivity index (χ3n) is 6.58. The quantitative estimate of drug-likeness (QED) is 0.166. The highest BCUT2D eigenvalue weighted by Crippen LogP contribution is 2.16. The molecule has 0 fully saturated rings. The molecule has 0 saturated carbocycles. The molecule has 242 valence electrons. The van der Waals surface area contributed by atoms with Crippen molar-refractivity contribution >= 4 is 33.9 Å². The van der Waals surface area contributed by atoms with E-state index < -0.39 is 64.1 Å². The predicted molar refractivity (Wildman–Crippen MR) is 172 cm³/mol. The van der Waals surface area contributed by atoms with Crippen molar-refractivity contribution in [3.63, 3.8) is 0 Å². The molecule has 0 saturated heterocycles. The third-order valence-corrected chi connectivity index (χ3v) is 7.69. The molecule has 44 heavy (non-hydrogen) atoms. The minimum absolute atomic E-state index is 0.165. The van der Waals surface area contributed by atoms with Crippen LogP contribution in [0.4, 0.5) is 4.79 Å². The zero-order chi connectivity index (χ0) is 32.9. The van der Waals surface area contributed by atoms with Crippen LogP contribution in [0.3, 0.4) is 0 Å². The van der Waals surface area contributed by atoms with Crippen LogP contribution in [0.25, 0.3) is 6.08 Å². The summed E-state index contributed by atoms with van der Waals surface area (Å²) in [4.78, 5) is 38.2. The van der Waals surface area contributed by atoms with Gasteiger partial charge in [-0.15, -0.1) is 0 Å². The first kappa shape index (κ1) is 36.5. The fourth-order valence-electron chi connectivity index (χ4n) is 4.43. The summed E-state index contributed by atoms with van der Waals surface area (Å²) in [5.41, 5.74) is 6.26. The Morgan fingerprint density at radius 3 is 2.05 bits per heavy atom. The van der Waals surface area contributed by atoms with E-state index in [4.69, 9.17) is 5.73 Å². The maximum absolute atomic E-state index is 13.6. The van der Waals surface area contributed by atoms with Gasteiger partial charge in [-0.25, -0.2) is 13.2 Å². The van der Waals surface area contributed by atoms with E-state index in [2.05, 4.69) is 20.7 Å². The molecule has 0 bridgehead atoms. The van der Waals surface area contributed by atoms with Gasteiger partial charge < -0.3 is 26.8 Å². The van der Waals surface area contributed by atoms with Gasteiger partial charge in [-0.1, -0.05) is 74.5 Å². The zero-order valence-electron chi connectivity index (χ0n) is 26.1. The van der Waals surface area contributed by atoms with Gasteiger partial charge in [-0.2, -0.15) is 4.72 Å². The Morgan fingerprint density at radius 2 is 1.50 bits per heavy atom. The summed E-state index contributed by atoms with van der Waals surface area (Å²) >= 11 is 0. The average molecular weight is 630 g/mol. The lowest BCUT2D eigenvalue weighted by atomic mass is 9.91. The molecule has 1 unspecified atom stereocenters. The van der Waals surface area contributed by atoms with E-state index in [1.54, 1.807) is 30.3 Å². The largest absolute Gasteiger partial charge is 0.389 e. The van der Waals surface area contributed by atoms with Crippen molar-refractivity contribution in [3.05, 3.63) is 77.2 Å². The molecule has 0 aliphatic rings. The van der Waals surface area contributed by atoms with Gasteiger partial charge >= 0.3 is 6.03 Å². The van der Waals surface area contributed by atoms with Crippen molar-refractivity contribution in [3.8, 4) is 0 Å². The second-order valence-corrected chi connectivity index (χ2v) is 13.9. The molecule has 0 heterocycles. The molecular formula is C32H47N5O6S. The highest BCUT2D eigenvalue weighted by molar-refractivity contribution is 7.92. The van der Waals surface area contributed by atoms with Crippen molar-refractivity contribution in [2.24, 2.45) is 11.7 Å². The van der Waals surface area contributed by atoms with Crippen LogP contribution in [0.1, 0.15) is 65.0 Å². The Kier molecular flexibility index (Phi) is 14.0. The maximum Gasteiger partial charge on any atom is 0.315 e. The molecule has 0 radical (unpaired) electrons. The molecule has 4 atom stereocenters. The molecule has 11 nitrogen and oxygen atoms in total. The molecule has 0 aliphatic carbocycles. The summed E-state index contributed by atoms with van der Waals surface area (Å²) in [6, 6.07) is 14.1. The fourth-order valence-corrected chi connectivity index (χ4v) is 5.44. The lowest BCUT2D eigenvalue weighted by molar-refractivity contribution is -0.128. The number of nitrogens with one attached hydrogen (secondary N) is 4. The van der Waals surface area contributed by atoms with E-state index in [1.807, 2.05) is 65.0 Å². The number of hydrogen-bond donors (Lipinski definition) is 6. The van der Waals surface area contributed by atoms with Gasteiger partial charge in [0.25, 0.3) is 0 Å². The molecular weight excluding hydrogens is 582 g/mol. The van der Waals surface area contributed by atoms with Gasteiger partial charge in [0.05, 0.1) is 24.6 Å². The summed E-state index contributed by atoms with van der Waals surface area (Å²) < 4.78 is 28.0. The number of aliphatic hydroxyl groups is 1. The zero-order valence-corrected chi connectivity index (χ0v) is 26.9. The van der Waals surface area contributed by atoms with Gasteiger partial charge in [-0.3, -0.25) is 9.59 Å². The first-order valence-electron chi connectivity index (χ1n) is 14.7. The van der Waals surface area contributed by atoms with Crippen LogP contribution >= 0.6 is 0 Å². The SMILES string of the molecule is CC(C)CCC(NC(=O)NC(C)(C)C)[C@H](O)[C@H](Cc1ccccc1)NC(=O)[C@H](CC(N)=O)NS(=O)(=O)C=Cc1ccccc1.